The minimum absolute atomic E-state index is 0.213. The molecule has 0 spiro atoms. The summed E-state index contributed by atoms with van der Waals surface area (Å²) in [6.45, 7) is 1.59. The smallest absolute Gasteiger partial charge is 0.158 e. The van der Waals surface area contributed by atoms with Crippen LogP contribution < -0.4 is 4.90 Å². The van der Waals surface area contributed by atoms with Gasteiger partial charge in [-0.2, -0.15) is 5.10 Å². The van der Waals surface area contributed by atoms with Crippen molar-refractivity contribution in [3.05, 3.63) is 53.8 Å². The van der Waals surface area contributed by atoms with E-state index >= 15 is 0 Å². The van der Waals surface area contributed by atoms with Gasteiger partial charge < -0.3 is 10.0 Å². The van der Waals surface area contributed by atoms with Crippen LogP contribution in [-0.2, 0) is 0 Å². The van der Waals surface area contributed by atoms with Gasteiger partial charge >= 0.3 is 0 Å². The first-order chi connectivity index (χ1) is 12.2. The van der Waals surface area contributed by atoms with Crippen molar-refractivity contribution in [3.8, 4) is 22.4 Å². The zero-order valence-electron chi connectivity index (χ0n) is 13.7. The molecule has 4 rings (SSSR count). The molecule has 0 atom stereocenters. The van der Waals surface area contributed by atoms with Gasteiger partial charge in [0.2, 0.25) is 0 Å². The number of nitrogens with one attached hydrogen (secondary N) is 1. The standard InChI is InChI=1S/C19H19ClN4O/c20-15-3-1-14(2-4-15)18-17(13-5-9-21-10-6-13)19(23-22-18)24-11-7-16(25)8-12-24/h1-6,9-10,16,25H,7-8,11-12H2,(H,22,23). The van der Waals surface area contributed by atoms with Gasteiger partial charge in [-0.15, -0.1) is 0 Å². The van der Waals surface area contributed by atoms with Crippen molar-refractivity contribution < 1.29 is 5.11 Å². The monoisotopic (exact) mass is 354 g/mol. The van der Waals surface area contributed by atoms with Gasteiger partial charge in [0.05, 0.1) is 17.4 Å². The molecule has 3 aromatic rings. The summed E-state index contributed by atoms with van der Waals surface area (Å²) in [6.07, 6.45) is 4.89. The topological polar surface area (TPSA) is 65.0 Å². The first-order valence-corrected chi connectivity index (χ1v) is 8.78. The van der Waals surface area contributed by atoms with E-state index in [-0.39, 0.29) is 6.10 Å². The molecular weight excluding hydrogens is 336 g/mol. The molecule has 1 aliphatic heterocycles. The van der Waals surface area contributed by atoms with Crippen molar-refractivity contribution in [1.29, 1.82) is 0 Å². The number of aromatic nitrogens is 3. The Morgan fingerprint density at radius 3 is 2.36 bits per heavy atom. The predicted molar refractivity (Wildman–Crippen MR) is 99.7 cm³/mol. The number of pyridine rings is 1. The fourth-order valence-corrected chi connectivity index (χ4v) is 3.38. The zero-order valence-corrected chi connectivity index (χ0v) is 14.4. The van der Waals surface area contributed by atoms with E-state index in [1.807, 2.05) is 36.4 Å². The first kappa shape index (κ1) is 16.1. The van der Waals surface area contributed by atoms with Crippen molar-refractivity contribution in [3.63, 3.8) is 0 Å². The number of rotatable bonds is 3. The normalized spacial score (nSPS) is 15.5. The molecule has 1 aromatic carbocycles. The summed E-state index contributed by atoms with van der Waals surface area (Å²) >= 11 is 6.03. The van der Waals surface area contributed by atoms with Gasteiger partial charge in [0, 0.05) is 36.1 Å². The Labute approximate surface area is 151 Å². The fraction of sp³-hybridized carbons (Fsp3) is 0.263. The van der Waals surface area contributed by atoms with Crippen LogP contribution in [0.25, 0.3) is 22.4 Å². The van der Waals surface area contributed by atoms with E-state index in [1.54, 1.807) is 12.4 Å². The maximum atomic E-state index is 9.79. The van der Waals surface area contributed by atoms with Crippen molar-refractivity contribution in [2.45, 2.75) is 18.9 Å². The molecule has 0 radical (unpaired) electrons. The summed E-state index contributed by atoms with van der Waals surface area (Å²) in [4.78, 5) is 6.36. The molecule has 3 heterocycles. The second-order valence-corrected chi connectivity index (χ2v) is 6.69. The fourth-order valence-electron chi connectivity index (χ4n) is 3.26. The molecule has 1 aliphatic rings. The summed E-state index contributed by atoms with van der Waals surface area (Å²) in [6, 6.07) is 11.7. The average Bonchev–Trinajstić information content (AvgIpc) is 3.09. The van der Waals surface area contributed by atoms with Crippen LogP contribution in [0.15, 0.2) is 48.8 Å². The highest BCUT2D eigenvalue weighted by Crippen LogP contribution is 2.38. The third-order valence-electron chi connectivity index (χ3n) is 4.61. The molecule has 0 unspecified atom stereocenters. The van der Waals surface area contributed by atoms with Gasteiger partial charge in [-0.3, -0.25) is 10.1 Å². The van der Waals surface area contributed by atoms with Crippen molar-refractivity contribution >= 4 is 17.4 Å². The van der Waals surface area contributed by atoms with E-state index in [0.717, 1.165) is 54.1 Å². The van der Waals surface area contributed by atoms with Gasteiger partial charge in [-0.25, -0.2) is 0 Å². The largest absolute Gasteiger partial charge is 0.393 e. The number of halogens is 1. The number of hydrogen-bond donors (Lipinski definition) is 2. The molecule has 2 N–H and O–H groups in total. The lowest BCUT2D eigenvalue weighted by Gasteiger charge is -2.30. The lowest BCUT2D eigenvalue weighted by Crippen LogP contribution is -2.36. The maximum absolute atomic E-state index is 9.79. The van der Waals surface area contributed by atoms with E-state index in [0.29, 0.717) is 5.02 Å². The molecule has 1 fully saturated rings. The number of nitrogens with zero attached hydrogens (tertiary/aromatic N) is 3. The quantitative estimate of drug-likeness (QED) is 0.751. The number of benzene rings is 1. The summed E-state index contributed by atoms with van der Waals surface area (Å²) in [5.41, 5.74) is 4.12. The molecule has 0 aliphatic carbocycles. The van der Waals surface area contributed by atoms with Crippen LogP contribution in [0.3, 0.4) is 0 Å². The Bertz CT molecular complexity index is 840. The Kier molecular flexibility index (Phi) is 4.42. The summed E-state index contributed by atoms with van der Waals surface area (Å²) < 4.78 is 0. The van der Waals surface area contributed by atoms with E-state index in [1.165, 1.54) is 0 Å². The minimum atomic E-state index is -0.213. The van der Waals surface area contributed by atoms with E-state index < -0.39 is 0 Å². The maximum Gasteiger partial charge on any atom is 0.158 e. The number of aromatic amines is 1. The second kappa shape index (κ2) is 6.86. The highest BCUT2D eigenvalue weighted by atomic mass is 35.5. The summed E-state index contributed by atoms with van der Waals surface area (Å²) in [5.74, 6) is 0.919. The third-order valence-corrected chi connectivity index (χ3v) is 4.87. The summed E-state index contributed by atoms with van der Waals surface area (Å²) in [7, 11) is 0. The number of piperidine rings is 1. The number of anilines is 1. The van der Waals surface area contributed by atoms with E-state index in [9.17, 15) is 5.11 Å². The predicted octanol–water partition coefficient (Wildman–Crippen LogP) is 3.75. The molecule has 0 saturated carbocycles. The van der Waals surface area contributed by atoms with Crippen LogP contribution >= 0.6 is 11.6 Å². The minimum Gasteiger partial charge on any atom is -0.393 e. The van der Waals surface area contributed by atoms with Gasteiger partial charge in [0.25, 0.3) is 0 Å². The van der Waals surface area contributed by atoms with E-state index in [2.05, 4.69) is 20.1 Å². The Hall–Kier alpha value is -2.37. The highest BCUT2D eigenvalue weighted by molar-refractivity contribution is 6.30. The van der Waals surface area contributed by atoms with Crippen LogP contribution in [0.4, 0.5) is 5.82 Å². The molecule has 2 aromatic heterocycles. The molecule has 0 bridgehead atoms. The van der Waals surface area contributed by atoms with Crippen LogP contribution in [0.2, 0.25) is 5.02 Å². The first-order valence-electron chi connectivity index (χ1n) is 8.40. The zero-order chi connectivity index (χ0) is 17.2. The Morgan fingerprint density at radius 1 is 1.00 bits per heavy atom. The number of H-pyrrole nitrogens is 1. The highest BCUT2D eigenvalue weighted by Gasteiger charge is 2.24. The average molecular weight is 355 g/mol. The van der Waals surface area contributed by atoms with Gasteiger partial charge in [-0.05, 0) is 42.7 Å². The third kappa shape index (κ3) is 3.25. The molecule has 1 saturated heterocycles. The van der Waals surface area contributed by atoms with Crippen molar-refractivity contribution in [1.82, 2.24) is 15.2 Å². The van der Waals surface area contributed by atoms with Crippen LogP contribution in [-0.4, -0.2) is 39.5 Å². The molecular formula is C19H19ClN4O. The van der Waals surface area contributed by atoms with Crippen molar-refractivity contribution in [2.24, 2.45) is 0 Å². The second-order valence-electron chi connectivity index (χ2n) is 6.26. The van der Waals surface area contributed by atoms with Gasteiger partial charge in [-0.1, -0.05) is 23.7 Å². The van der Waals surface area contributed by atoms with Gasteiger partial charge in [0.1, 0.15) is 0 Å². The molecule has 5 nitrogen and oxygen atoms in total. The molecule has 6 heteroatoms. The SMILES string of the molecule is OC1CCN(c2n[nH]c(-c3ccc(Cl)cc3)c2-c2ccncc2)CC1. The lowest BCUT2D eigenvalue weighted by atomic mass is 10.00. The number of hydrogen-bond acceptors (Lipinski definition) is 4. The van der Waals surface area contributed by atoms with Gasteiger partial charge in [0.15, 0.2) is 5.82 Å². The Balaban J connectivity index is 1.81. The van der Waals surface area contributed by atoms with E-state index in [4.69, 9.17) is 11.6 Å². The molecule has 25 heavy (non-hydrogen) atoms. The van der Waals surface area contributed by atoms with Crippen LogP contribution in [0.5, 0.6) is 0 Å². The van der Waals surface area contributed by atoms with Crippen LogP contribution in [0.1, 0.15) is 12.8 Å². The Morgan fingerprint density at radius 2 is 1.68 bits per heavy atom. The number of aliphatic hydroxyl groups is 1. The van der Waals surface area contributed by atoms with Crippen LogP contribution in [0, 0.1) is 0 Å². The lowest BCUT2D eigenvalue weighted by molar-refractivity contribution is 0.145. The summed E-state index contributed by atoms with van der Waals surface area (Å²) in [5, 5.41) is 18.3. The van der Waals surface area contributed by atoms with Crippen molar-refractivity contribution in [2.75, 3.05) is 18.0 Å². The molecule has 0 amide bonds. The molecule has 128 valence electrons. The number of aliphatic hydroxyl groups excluding tert-OH is 1.